The Morgan fingerprint density at radius 3 is 2.65 bits per heavy atom. The summed E-state index contributed by atoms with van der Waals surface area (Å²) in [4.78, 5) is 2.75. The van der Waals surface area contributed by atoms with Crippen molar-refractivity contribution in [2.45, 2.75) is 76.8 Å². The summed E-state index contributed by atoms with van der Waals surface area (Å²) >= 11 is 0. The number of hydrogen-bond donors (Lipinski definition) is 1. The normalized spacial score (nSPS) is 28.9. The molecule has 2 rings (SSSR count). The zero-order valence-electron chi connectivity index (χ0n) is 11.8. The molecule has 0 radical (unpaired) electrons. The first-order chi connectivity index (χ1) is 8.26. The first-order valence-electron chi connectivity index (χ1n) is 7.75. The summed E-state index contributed by atoms with van der Waals surface area (Å²) in [7, 11) is 0. The molecule has 2 heteroatoms. The van der Waals surface area contributed by atoms with Crippen molar-refractivity contribution in [2.75, 3.05) is 19.6 Å². The predicted octanol–water partition coefficient (Wildman–Crippen LogP) is 3.17. The van der Waals surface area contributed by atoms with Crippen LogP contribution in [-0.4, -0.2) is 36.1 Å². The van der Waals surface area contributed by atoms with Gasteiger partial charge in [-0.1, -0.05) is 39.0 Å². The van der Waals surface area contributed by atoms with E-state index in [0.717, 1.165) is 6.04 Å². The highest BCUT2D eigenvalue weighted by Gasteiger charge is 2.39. The van der Waals surface area contributed by atoms with Crippen LogP contribution < -0.4 is 5.32 Å². The second-order valence-electron chi connectivity index (χ2n) is 6.25. The smallest absolute Gasteiger partial charge is 0.0309 e. The van der Waals surface area contributed by atoms with E-state index in [1.54, 1.807) is 0 Å². The summed E-state index contributed by atoms with van der Waals surface area (Å²) < 4.78 is 0. The molecular formula is C15H30N2. The minimum absolute atomic E-state index is 0.497. The van der Waals surface area contributed by atoms with Gasteiger partial charge in [-0.15, -0.1) is 0 Å². The molecule has 0 amide bonds. The molecule has 2 nitrogen and oxygen atoms in total. The van der Waals surface area contributed by atoms with E-state index in [1.807, 2.05) is 0 Å². The predicted molar refractivity (Wildman–Crippen MR) is 74.4 cm³/mol. The van der Waals surface area contributed by atoms with Crippen LogP contribution in [0.2, 0.25) is 0 Å². The Morgan fingerprint density at radius 1 is 1.18 bits per heavy atom. The van der Waals surface area contributed by atoms with Gasteiger partial charge in [-0.05, 0) is 32.7 Å². The van der Waals surface area contributed by atoms with E-state index in [1.165, 1.54) is 71.0 Å². The first-order valence-corrected chi connectivity index (χ1v) is 7.75. The van der Waals surface area contributed by atoms with Gasteiger partial charge < -0.3 is 5.32 Å². The van der Waals surface area contributed by atoms with Gasteiger partial charge in [0, 0.05) is 24.7 Å². The van der Waals surface area contributed by atoms with Crippen molar-refractivity contribution in [1.29, 1.82) is 0 Å². The van der Waals surface area contributed by atoms with E-state index in [2.05, 4.69) is 24.1 Å². The second-order valence-corrected chi connectivity index (χ2v) is 6.25. The van der Waals surface area contributed by atoms with Crippen molar-refractivity contribution < 1.29 is 0 Å². The molecule has 100 valence electrons. The van der Waals surface area contributed by atoms with Crippen molar-refractivity contribution >= 4 is 0 Å². The Balaban J connectivity index is 1.78. The van der Waals surface area contributed by atoms with Crippen molar-refractivity contribution in [1.82, 2.24) is 10.2 Å². The molecule has 1 aliphatic heterocycles. The van der Waals surface area contributed by atoms with Gasteiger partial charge in [0.2, 0.25) is 0 Å². The molecule has 0 aromatic carbocycles. The lowest BCUT2D eigenvalue weighted by Crippen LogP contribution is -2.62. The average Bonchev–Trinajstić information content (AvgIpc) is 2.78. The summed E-state index contributed by atoms with van der Waals surface area (Å²) in [6.07, 6.45) is 11.3. The maximum absolute atomic E-state index is 3.83. The van der Waals surface area contributed by atoms with Gasteiger partial charge in [0.1, 0.15) is 0 Å². The van der Waals surface area contributed by atoms with Crippen LogP contribution in [0.15, 0.2) is 0 Å². The Hall–Kier alpha value is -0.0800. The lowest BCUT2D eigenvalue weighted by Gasteiger charge is -2.45. The summed E-state index contributed by atoms with van der Waals surface area (Å²) in [5.41, 5.74) is 0.497. The Bertz CT molecular complexity index is 221. The van der Waals surface area contributed by atoms with Gasteiger partial charge in [-0.2, -0.15) is 0 Å². The summed E-state index contributed by atoms with van der Waals surface area (Å²) in [5.74, 6) is 0. The van der Waals surface area contributed by atoms with Crippen LogP contribution >= 0.6 is 0 Å². The molecule has 1 unspecified atom stereocenters. The van der Waals surface area contributed by atoms with E-state index in [0.29, 0.717) is 5.54 Å². The molecule has 1 N–H and O–H groups in total. The fraction of sp³-hybridized carbons (Fsp3) is 1.00. The number of piperazine rings is 1. The van der Waals surface area contributed by atoms with Gasteiger partial charge in [0.05, 0.1) is 0 Å². The van der Waals surface area contributed by atoms with Gasteiger partial charge >= 0.3 is 0 Å². The van der Waals surface area contributed by atoms with E-state index in [-0.39, 0.29) is 0 Å². The molecule has 17 heavy (non-hydrogen) atoms. The lowest BCUT2D eigenvalue weighted by atomic mass is 9.92. The van der Waals surface area contributed by atoms with E-state index in [4.69, 9.17) is 0 Å². The number of nitrogens with zero attached hydrogens (tertiary/aromatic N) is 1. The van der Waals surface area contributed by atoms with Crippen molar-refractivity contribution in [3.05, 3.63) is 0 Å². The molecule has 1 heterocycles. The molecule has 2 aliphatic rings. The first kappa shape index (κ1) is 13.4. The standard InChI is InChI=1S/C15H30N2/c1-3-4-5-8-11-17-13-15(9-6-7-10-15)16-12-14(17)2/h14,16H,3-13H2,1-2H3. The number of rotatable bonds is 5. The van der Waals surface area contributed by atoms with Crippen molar-refractivity contribution in [2.24, 2.45) is 0 Å². The largest absolute Gasteiger partial charge is 0.308 e. The van der Waals surface area contributed by atoms with Crippen LogP contribution in [0.3, 0.4) is 0 Å². The summed E-state index contributed by atoms with van der Waals surface area (Å²) in [6.45, 7) is 8.51. The van der Waals surface area contributed by atoms with Crippen LogP contribution in [0.5, 0.6) is 0 Å². The number of hydrogen-bond acceptors (Lipinski definition) is 2. The molecule has 0 aromatic rings. The van der Waals surface area contributed by atoms with Gasteiger partial charge in [-0.25, -0.2) is 0 Å². The number of nitrogens with one attached hydrogen (secondary N) is 1. The maximum Gasteiger partial charge on any atom is 0.0309 e. The third-order valence-electron chi connectivity index (χ3n) is 4.76. The zero-order chi connectivity index (χ0) is 12.1. The highest BCUT2D eigenvalue weighted by molar-refractivity contribution is 5.00. The molecule has 1 spiro atoms. The van der Waals surface area contributed by atoms with E-state index < -0.39 is 0 Å². The highest BCUT2D eigenvalue weighted by atomic mass is 15.2. The quantitative estimate of drug-likeness (QED) is 0.740. The van der Waals surface area contributed by atoms with Gasteiger partial charge in [-0.3, -0.25) is 4.90 Å². The number of unbranched alkanes of at least 4 members (excludes halogenated alkanes) is 3. The molecule has 0 bridgehead atoms. The minimum Gasteiger partial charge on any atom is -0.308 e. The van der Waals surface area contributed by atoms with Crippen molar-refractivity contribution in [3.8, 4) is 0 Å². The molecule has 1 aliphatic carbocycles. The fourth-order valence-electron chi connectivity index (χ4n) is 3.52. The average molecular weight is 238 g/mol. The van der Waals surface area contributed by atoms with Crippen molar-refractivity contribution in [3.63, 3.8) is 0 Å². The van der Waals surface area contributed by atoms with E-state index in [9.17, 15) is 0 Å². The van der Waals surface area contributed by atoms with Crippen LogP contribution in [0.4, 0.5) is 0 Å². The van der Waals surface area contributed by atoms with Crippen LogP contribution in [0.1, 0.15) is 65.2 Å². The van der Waals surface area contributed by atoms with Crippen LogP contribution in [-0.2, 0) is 0 Å². The Morgan fingerprint density at radius 2 is 1.94 bits per heavy atom. The van der Waals surface area contributed by atoms with E-state index >= 15 is 0 Å². The fourth-order valence-corrected chi connectivity index (χ4v) is 3.52. The van der Waals surface area contributed by atoms with Crippen LogP contribution in [0, 0.1) is 0 Å². The molecule has 1 saturated heterocycles. The lowest BCUT2D eigenvalue weighted by molar-refractivity contribution is 0.0874. The second kappa shape index (κ2) is 6.19. The molecule has 1 atom stereocenters. The Kier molecular flexibility index (Phi) is 4.87. The third-order valence-corrected chi connectivity index (χ3v) is 4.76. The van der Waals surface area contributed by atoms with Crippen LogP contribution in [0.25, 0.3) is 0 Å². The zero-order valence-corrected chi connectivity index (χ0v) is 11.8. The topological polar surface area (TPSA) is 15.3 Å². The Labute approximate surface area is 107 Å². The maximum atomic E-state index is 3.83. The highest BCUT2D eigenvalue weighted by Crippen LogP contribution is 2.33. The van der Waals surface area contributed by atoms with Gasteiger partial charge in [0.15, 0.2) is 0 Å². The van der Waals surface area contributed by atoms with Gasteiger partial charge in [0.25, 0.3) is 0 Å². The molecule has 2 fully saturated rings. The third kappa shape index (κ3) is 3.45. The molecule has 1 saturated carbocycles. The molecule has 0 aromatic heterocycles. The summed E-state index contributed by atoms with van der Waals surface area (Å²) in [5, 5.41) is 3.83. The monoisotopic (exact) mass is 238 g/mol. The SMILES string of the molecule is CCCCCCN1CC2(CCCC2)NCC1C. The summed E-state index contributed by atoms with van der Waals surface area (Å²) in [6, 6.07) is 0.739. The molecular weight excluding hydrogens is 208 g/mol. The minimum atomic E-state index is 0.497.